The number of hydrogen-bond donors (Lipinski definition) is 2. The topological polar surface area (TPSA) is 98.8 Å². The maximum absolute atomic E-state index is 13.6. The molecule has 0 aromatic rings. The molecule has 0 aromatic heterocycles. The Kier molecular flexibility index (Phi) is 9.76. The van der Waals surface area contributed by atoms with Gasteiger partial charge in [0.2, 0.25) is 23.6 Å². The number of carbonyl (C=O) groups excluding carboxylic acids is 4. The summed E-state index contributed by atoms with van der Waals surface area (Å²) in [6, 6.07) is -1.23. The van der Waals surface area contributed by atoms with Crippen molar-refractivity contribution in [1.29, 1.82) is 0 Å². The van der Waals surface area contributed by atoms with Crippen molar-refractivity contribution >= 4 is 23.6 Å². The van der Waals surface area contributed by atoms with Crippen molar-refractivity contribution in [1.82, 2.24) is 20.4 Å². The maximum atomic E-state index is 13.6. The number of hydrogen-bond acceptors (Lipinski definition) is 4. The van der Waals surface area contributed by atoms with Gasteiger partial charge in [-0.1, -0.05) is 25.0 Å². The smallest absolute Gasteiger partial charge is 0.243 e. The highest BCUT2D eigenvalue weighted by Gasteiger charge is 2.39. The fourth-order valence-corrected chi connectivity index (χ4v) is 5.19. The first kappa shape index (κ1) is 25.2. The number of fused-ring (bicyclic) bond motifs is 1. The van der Waals surface area contributed by atoms with Crippen LogP contribution in [-0.4, -0.2) is 72.2 Å². The molecule has 3 aliphatic rings. The van der Waals surface area contributed by atoms with E-state index in [2.05, 4.69) is 16.7 Å². The summed E-state index contributed by atoms with van der Waals surface area (Å²) < 4.78 is 0. The molecule has 0 spiro atoms. The molecule has 0 bridgehead atoms. The summed E-state index contributed by atoms with van der Waals surface area (Å²) in [5.74, 6) is -0.920. The third kappa shape index (κ3) is 7.05. The second-order valence-electron chi connectivity index (χ2n) is 9.55. The quantitative estimate of drug-likeness (QED) is 0.631. The third-order valence-corrected chi connectivity index (χ3v) is 7.16. The first-order chi connectivity index (χ1) is 16.0. The SMILES string of the molecule is CNC(=O)[C@H]1C/C=C\CCCCC[C@H](CC(=O)N2CCCCC2)C(=O)N2CCC[C@H]2C(=O)N1. The minimum Gasteiger partial charge on any atom is -0.357 e. The zero-order chi connectivity index (χ0) is 23.6. The Hall–Kier alpha value is -2.38. The Morgan fingerprint density at radius 2 is 1.73 bits per heavy atom. The summed E-state index contributed by atoms with van der Waals surface area (Å²) in [5, 5.41) is 5.48. The van der Waals surface area contributed by atoms with Gasteiger partial charge < -0.3 is 20.4 Å². The van der Waals surface area contributed by atoms with Crippen molar-refractivity contribution in [3.05, 3.63) is 12.2 Å². The highest BCUT2D eigenvalue weighted by molar-refractivity contribution is 5.93. The van der Waals surface area contributed by atoms with Gasteiger partial charge in [-0.2, -0.15) is 0 Å². The van der Waals surface area contributed by atoms with Crippen LogP contribution in [0.1, 0.15) is 77.0 Å². The summed E-state index contributed by atoms with van der Waals surface area (Å²) in [6.45, 7) is 2.08. The third-order valence-electron chi connectivity index (χ3n) is 7.16. The number of allylic oxidation sites excluding steroid dienone is 1. The van der Waals surface area contributed by atoms with Gasteiger partial charge in [-0.05, 0) is 57.8 Å². The van der Waals surface area contributed by atoms with Gasteiger partial charge in [0.05, 0.1) is 0 Å². The van der Waals surface area contributed by atoms with Crippen molar-refractivity contribution in [2.45, 2.75) is 89.1 Å². The largest absolute Gasteiger partial charge is 0.357 e. The Morgan fingerprint density at radius 1 is 0.970 bits per heavy atom. The Balaban J connectivity index is 1.75. The van der Waals surface area contributed by atoms with Crippen LogP contribution in [0.5, 0.6) is 0 Å². The summed E-state index contributed by atoms with van der Waals surface area (Å²) in [5.41, 5.74) is 0. The van der Waals surface area contributed by atoms with Crippen LogP contribution >= 0.6 is 0 Å². The minimum absolute atomic E-state index is 0.0637. The highest BCUT2D eigenvalue weighted by atomic mass is 16.2. The Morgan fingerprint density at radius 3 is 2.48 bits per heavy atom. The van der Waals surface area contributed by atoms with E-state index in [4.69, 9.17) is 0 Å². The number of nitrogens with zero attached hydrogens (tertiary/aromatic N) is 2. The lowest BCUT2D eigenvalue weighted by Gasteiger charge is -2.31. The lowest BCUT2D eigenvalue weighted by Crippen LogP contribution is -2.53. The molecule has 3 rings (SSSR count). The lowest BCUT2D eigenvalue weighted by atomic mass is 9.94. The zero-order valence-corrected chi connectivity index (χ0v) is 20.0. The number of likely N-dealkylation sites (N-methyl/N-ethyl adjacent to an activating group) is 1. The summed E-state index contributed by atoms with van der Waals surface area (Å²) in [7, 11) is 1.56. The minimum atomic E-state index is -0.655. The van der Waals surface area contributed by atoms with E-state index in [1.807, 2.05) is 11.0 Å². The molecule has 4 amide bonds. The second kappa shape index (κ2) is 12.8. The van der Waals surface area contributed by atoms with E-state index < -0.39 is 12.1 Å². The molecule has 2 saturated heterocycles. The molecule has 0 aliphatic carbocycles. The van der Waals surface area contributed by atoms with Crippen molar-refractivity contribution in [2.75, 3.05) is 26.7 Å². The van der Waals surface area contributed by atoms with Gasteiger partial charge in [-0.15, -0.1) is 0 Å². The average molecular weight is 461 g/mol. The molecule has 0 unspecified atom stereocenters. The number of nitrogens with one attached hydrogen (secondary N) is 2. The van der Waals surface area contributed by atoms with E-state index in [0.717, 1.165) is 64.5 Å². The van der Waals surface area contributed by atoms with E-state index in [1.165, 1.54) is 0 Å². The first-order valence-corrected chi connectivity index (χ1v) is 12.8. The van der Waals surface area contributed by atoms with E-state index in [9.17, 15) is 19.2 Å². The molecule has 33 heavy (non-hydrogen) atoms. The van der Waals surface area contributed by atoms with Crippen molar-refractivity contribution < 1.29 is 19.2 Å². The predicted molar refractivity (Wildman–Crippen MR) is 126 cm³/mol. The van der Waals surface area contributed by atoms with Gasteiger partial charge >= 0.3 is 0 Å². The van der Waals surface area contributed by atoms with Crippen molar-refractivity contribution in [3.8, 4) is 0 Å². The fraction of sp³-hybridized carbons (Fsp3) is 0.760. The van der Waals surface area contributed by atoms with E-state index in [1.54, 1.807) is 11.9 Å². The molecule has 2 N–H and O–H groups in total. The predicted octanol–water partition coefficient (Wildman–Crippen LogP) is 2.14. The highest BCUT2D eigenvalue weighted by Crippen LogP contribution is 2.26. The van der Waals surface area contributed by atoms with Gasteiger partial charge in [0, 0.05) is 39.0 Å². The molecule has 0 aromatic carbocycles. The lowest BCUT2D eigenvalue weighted by molar-refractivity contribution is -0.145. The Labute approximate surface area is 197 Å². The van der Waals surface area contributed by atoms with Crippen LogP contribution in [0.2, 0.25) is 0 Å². The maximum Gasteiger partial charge on any atom is 0.243 e. The molecule has 8 nitrogen and oxygen atoms in total. The monoisotopic (exact) mass is 460 g/mol. The van der Waals surface area contributed by atoms with Crippen LogP contribution in [0, 0.1) is 5.92 Å². The van der Waals surface area contributed by atoms with Crippen LogP contribution in [0.15, 0.2) is 12.2 Å². The zero-order valence-electron chi connectivity index (χ0n) is 20.0. The molecular weight excluding hydrogens is 420 g/mol. The molecule has 184 valence electrons. The van der Waals surface area contributed by atoms with Crippen LogP contribution in [0.4, 0.5) is 0 Å². The Bertz CT molecular complexity index is 732. The molecule has 3 atom stereocenters. The first-order valence-electron chi connectivity index (χ1n) is 12.8. The number of amides is 4. The van der Waals surface area contributed by atoms with E-state index >= 15 is 0 Å². The molecule has 3 heterocycles. The van der Waals surface area contributed by atoms with E-state index in [-0.39, 0.29) is 36.0 Å². The van der Waals surface area contributed by atoms with Crippen molar-refractivity contribution in [2.24, 2.45) is 5.92 Å². The number of likely N-dealkylation sites (tertiary alicyclic amines) is 1. The van der Waals surface area contributed by atoms with Crippen molar-refractivity contribution in [3.63, 3.8) is 0 Å². The fourth-order valence-electron chi connectivity index (χ4n) is 5.19. The van der Waals surface area contributed by atoms with Gasteiger partial charge in [-0.3, -0.25) is 19.2 Å². The standard InChI is InChI=1S/C25H40N4O4/c1-26-23(31)20-13-8-5-3-2-4-7-12-19(18-22(30)28-15-9-6-10-16-28)25(33)29-17-11-14-21(29)24(32)27-20/h5,8,19-21H,2-4,6-7,9-18H2,1H3,(H,26,31)(H,27,32)/b8-5-/t19-,20-,21+/m1/s1. The van der Waals surface area contributed by atoms with Gasteiger partial charge in [0.1, 0.15) is 12.1 Å². The summed E-state index contributed by atoms with van der Waals surface area (Å²) >= 11 is 0. The van der Waals surface area contributed by atoms with E-state index in [0.29, 0.717) is 25.8 Å². The molecule has 2 fully saturated rings. The average Bonchev–Trinajstić information content (AvgIpc) is 3.33. The number of carbonyl (C=O) groups is 4. The molecule has 0 saturated carbocycles. The van der Waals surface area contributed by atoms with Crippen LogP contribution in [0.25, 0.3) is 0 Å². The van der Waals surface area contributed by atoms with Crippen LogP contribution < -0.4 is 10.6 Å². The summed E-state index contributed by atoms with van der Waals surface area (Å²) in [4.78, 5) is 55.5. The second-order valence-corrected chi connectivity index (χ2v) is 9.55. The normalized spacial score (nSPS) is 28.8. The van der Waals surface area contributed by atoms with Gasteiger partial charge in [0.25, 0.3) is 0 Å². The molecule has 8 heteroatoms. The van der Waals surface area contributed by atoms with Gasteiger partial charge in [-0.25, -0.2) is 0 Å². The molecule has 0 radical (unpaired) electrons. The van der Waals surface area contributed by atoms with Crippen LogP contribution in [-0.2, 0) is 19.2 Å². The molecular formula is C25H40N4O4. The van der Waals surface area contributed by atoms with Crippen LogP contribution in [0.3, 0.4) is 0 Å². The number of piperidine rings is 1. The summed E-state index contributed by atoms with van der Waals surface area (Å²) in [6.07, 6.45) is 13.7. The number of rotatable bonds is 3. The molecule has 3 aliphatic heterocycles. The van der Waals surface area contributed by atoms with Gasteiger partial charge in [0.15, 0.2) is 0 Å².